The number of benzene rings is 1. The number of aromatic amines is 1. The molecule has 0 spiro atoms. The van der Waals surface area contributed by atoms with Crippen LogP contribution in [0.3, 0.4) is 0 Å². The van der Waals surface area contributed by atoms with Crippen LogP contribution in [0.15, 0.2) is 24.3 Å². The molecular formula is C14H13Cl2N3O. The lowest BCUT2D eigenvalue weighted by Gasteiger charge is -2.06. The number of hydrogen-bond acceptors (Lipinski definition) is 2. The smallest absolute Gasteiger partial charge is 0.230 e. The second-order valence-corrected chi connectivity index (χ2v) is 5.72. The molecule has 0 aliphatic heterocycles. The Morgan fingerprint density at radius 3 is 2.70 bits per heavy atom. The molecule has 1 aliphatic rings. The Balaban J connectivity index is 1.66. The van der Waals surface area contributed by atoms with Crippen molar-refractivity contribution in [2.24, 2.45) is 0 Å². The number of nitrogens with zero attached hydrogens (tertiary/aromatic N) is 1. The van der Waals surface area contributed by atoms with Crippen LogP contribution in [0.25, 0.3) is 0 Å². The van der Waals surface area contributed by atoms with E-state index in [0.717, 1.165) is 5.69 Å². The molecule has 2 aromatic rings. The molecule has 0 bridgehead atoms. The van der Waals surface area contributed by atoms with E-state index in [0.29, 0.717) is 27.3 Å². The lowest BCUT2D eigenvalue weighted by Crippen LogP contribution is -2.15. The maximum absolute atomic E-state index is 12.0. The summed E-state index contributed by atoms with van der Waals surface area (Å²) < 4.78 is 0. The van der Waals surface area contributed by atoms with E-state index in [1.165, 1.54) is 12.8 Å². The van der Waals surface area contributed by atoms with E-state index in [-0.39, 0.29) is 12.3 Å². The van der Waals surface area contributed by atoms with E-state index < -0.39 is 0 Å². The molecule has 1 amide bonds. The lowest BCUT2D eigenvalue weighted by atomic mass is 10.1. The molecule has 1 heterocycles. The number of rotatable bonds is 4. The summed E-state index contributed by atoms with van der Waals surface area (Å²) >= 11 is 12.1. The van der Waals surface area contributed by atoms with Crippen LogP contribution in [0.1, 0.15) is 30.0 Å². The minimum atomic E-state index is -0.186. The highest BCUT2D eigenvalue weighted by molar-refractivity contribution is 6.36. The number of H-pyrrole nitrogens is 1. The first-order chi connectivity index (χ1) is 9.63. The third-order valence-corrected chi connectivity index (χ3v) is 3.99. The highest BCUT2D eigenvalue weighted by atomic mass is 35.5. The number of carbonyl (C=O) groups is 1. The van der Waals surface area contributed by atoms with Gasteiger partial charge in [-0.1, -0.05) is 29.3 Å². The van der Waals surface area contributed by atoms with Crippen molar-refractivity contribution < 1.29 is 4.79 Å². The highest BCUT2D eigenvalue weighted by Gasteiger charge is 2.25. The van der Waals surface area contributed by atoms with Gasteiger partial charge in [-0.25, -0.2) is 0 Å². The van der Waals surface area contributed by atoms with E-state index in [9.17, 15) is 4.79 Å². The molecule has 0 radical (unpaired) electrons. The average Bonchev–Trinajstić information content (AvgIpc) is 3.15. The fourth-order valence-corrected chi connectivity index (χ4v) is 2.58. The van der Waals surface area contributed by atoms with Crippen molar-refractivity contribution in [3.05, 3.63) is 45.6 Å². The zero-order chi connectivity index (χ0) is 14.1. The first-order valence-corrected chi connectivity index (χ1v) is 7.17. The van der Waals surface area contributed by atoms with Crippen LogP contribution in [-0.2, 0) is 11.2 Å². The van der Waals surface area contributed by atoms with Gasteiger partial charge < -0.3 is 5.32 Å². The molecular weight excluding hydrogens is 297 g/mol. The fraction of sp³-hybridized carbons (Fsp3) is 0.286. The Morgan fingerprint density at radius 1 is 1.35 bits per heavy atom. The quantitative estimate of drug-likeness (QED) is 0.903. The third-order valence-electron chi connectivity index (χ3n) is 3.28. The zero-order valence-corrected chi connectivity index (χ0v) is 12.1. The minimum Gasteiger partial charge on any atom is -0.309 e. The Morgan fingerprint density at radius 2 is 2.05 bits per heavy atom. The van der Waals surface area contributed by atoms with Gasteiger partial charge >= 0.3 is 0 Å². The molecule has 104 valence electrons. The second-order valence-electron chi connectivity index (χ2n) is 4.91. The van der Waals surface area contributed by atoms with Gasteiger partial charge in [0.1, 0.15) is 0 Å². The summed E-state index contributed by atoms with van der Waals surface area (Å²) in [5.74, 6) is 0.931. The molecule has 6 heteroatoms. The van der Waals surface area contributed by atoms with Gasteiger partial charge in [-0.2, -0.15) is 5.10 Å². The number of halogens is 2. The van der Waals surface area contributed by atoms with Crippen molar-refractivity contribution in [1.29, 1.82) is 0 Å². The van der Waals surface area contributed by atoms with E-state index in [4.69, 9.17) is 23.2 Å². The van der Waals surface area contributed by atoms with Gasteiger partial charge in [0.05, 0.1) is 6.42 Å². The molecule has 2 N–H and O–H groups in total. The third kappa shape index (κ3) is 2.97. The molecule has 1 aromatic carbocycles. The van der Waals surface area contributed by atoms with Crippen LogP contribution in [0, 0.1) is 0 Å². The van der Waals surface area contributed by atoms with Gasteiger partial charge in [0, 0.05) is 27.7 Å². The van der Waals surface area contributed by atoms with Crippen LogP contribution in [0.5, 0.6) is 0 Å². The summed E-state index contributed by atoms with van der Waals surface area (Å²) in [5.41, 5.74) is 1.71. The molecule has 4 nitrogen and oxygen atoms in total. The number of anilines is 1. The zero-order valence-electron chi connectivity index (χ0n) is 10.6. The fourth-order valence-electron chi connectivity index (χ4n) is 2.05. The van der Waals surface area contributed by atoms with Crippen LogP contribution in [0.4, 0.5) is 5.82 Å². The van der Waals surface area contributed by atoms with Crippen molar-refractivity contribution in [3.8, 4) is 0 Å². The molecule has 0 saturated heterocycles. The van der Waals surface area contributed by atoms with Crippen molar-refractivity contribution in [1.82, 2.24) is 10.2 Å². The van der Waals surface area contributed by atoms with E-state index in [2.05, 4.69) is 15.5 Å². The molecule has 1 fully saturated rings. The largest absolute Gasteiger partial charge is 0.309 e. The highest BCUT2D eigenvalue weighted by Crippen LogP contribution is 2.39. The first-order valence-electron chi connectivity index (χ1n) is 6.41. The molecule has 0 atom stereocenters. The van der Waals surface area contributed by atoms with Crippen LogP contribution >= 0.6 is 23.2 Å². The lowest BCUT2D eigenvalue weighted by molar-refractivity contribution is -0.115. The van der Waals surface area contributed by atoms with Gasteiger partial charge in [-0.3, -0.25) is 9.89 Å². The Kier molecular flexibility index (Phi) is 3.68. The molecule has 0 unspecified atom stereocenters. The van der Waals surface area contributed by atoms with Crippen molar-refractivity contribution in [2.45, 2.75) is 25.2 Å². The number of amides is 1. The topological polar surface area (TPSA) is 57.8 Å². The Hall–Kier alpha value is -1.52. The summed E-state index contributed by atoms with van der Waals surface area (Å²) in [6.07, 6.45) is 2.50. The average molecular weight is 310 g/mol. The van der Waals surface area contributed by atoms with Crippen molar-refractivity contribution in [3.63, 3.8) is 0 Å². The summed E-state index contributed by atoms with van der Waals surface area (Å²) in [6.45, 7) is 0. The number of carbonyl (C=O) groups excluding carboxylic acids is 1. The predicted octanol–water partition coefficient (Wildman–Crippen LogP) is 3.78. The number of aromatic nitrogens is 2. The standard InChI is InChI=1S/C14H13Cl2N3O/c15-10-2-1-3-11(16)9(10)6-14(20)17-13-7-12(18-19-13)8-4-5-8/h1-3,7-8H,4-6H2,(H2,17,18,19,20). The normalized spacial score (nSPS) is 14.3. The van der Waals surface area contributed by atoms with Crippen molar-refractivity contribution in [2.75, 3.05) is 5.32 Å². The maximum Gasteiger partial charge on any atom is 0.230 e. The molecule has 20 heavy (non-hydrogen) atoms. The summed E-state index contributed by atoms with van der Waals surface area (Å²) in [7, 11) is 0. The van der Waals surface area contributed by atoms with Crippen LogP contribution in [-0.4, -0.2) is 16.1 Å². The second kappa shape index (κ2) is 5.46. The molecule has 1 aliphatic carbocycles. The Bertz CT molecular complexity index is 629. The number of nitrogens with one attached hydrogen (secondary N) is 2. The predicted molar refractivity (Wildman–Crippen MR) is 79.4 cm³/mol. The maximum atomic E-state index is 12.0. The monoisotopic (exact) mass is 309 g/mol. The number of hydrogen-bond donors (Lipinski definition) is 2. The van der Waals surface area contributed by atoms with Gasteiger partial charge in [-0.15, -0.1) is 0 Å². The summed E-state index contributed by atoms with van der Waals surface area (Å²) in [4.78, 5) is 12.0. The molecule has 3 rings (SSSR count). The minimum absolute atomic E-state index is 0.129. The summed E-state index contributed by atoms with van der Waals surface area (Å²) in [6, 6.07) is 7.07. The van der Waals surface area contributed by atoms with Gasteiger partial charge in [-0.05, 0) is 30.5 Å². The van der Waals surface area contributed by atoms with Crippen LogP contribution < -0.4 is 5.32 Å². The van der Waals surface area contributed by atoms with Gasteiger partial charge in [0.15, 0.2) is 5.82 Å². The van der Waals surface area contributed by atoms with E-state index >= 15 is 0 Å². The summed E-state index contributed by atoms with van der Waals surface area (Å²) in [5, 5.41) is 10.8. The van der Waals surface area contributed by atoms with Crippen molar-refractivity contribution >= 4 is 34.9 Å². The Labute approximate surface area is 126 Å². The first kappa shape index (κ1) is 13.5. The SMILES string of the molecule is O=C(Cc1c(Cl)cccc1Cl)Nc1cc(C2CC2)[nH]n1. The van der Waals surface area contributed by atoms with Gasteiger partial charge in [0.2, 0.25) is 5.91 Å². The van der Waals surface area contributed by atoms with E-state index in [1.807, 2.05) is 6.07 Å². The van der Waals surface area contributed by atoms with E-state index in [1.54, 1.807) is 18.2 Å². The molecule has 1 aromatic heterocycles. The van der Waals surface area contributed by atoms with Gasteiger partial charge in [0.25, 0.3) is 0 Å². The molecule has 1 saturated carbocycles. The van der Waals surface area contributed by atoms with Crippen LogP contribution in [0.2, 0.25) is 10.0 Å².